The zero-order valence-electron chi connectivity index (χ0n) is 7.91. The zero-order valence-corrected chi connectivity index (χ0v) is 9.54. The zero-order chi connectivity index (χ0) is 9.84. The summed E-state index contributed by atoms with van der Waals surface area (Å²) in [4.78, 5) is 22.5. The standard InChI is InChI=1S/C9H14O2S2/c1-6(10)8(7(2)11)9-12-4-3-5-13-9/h8-9H,3-5H2,1-2H3. The molecule has 0 aromatic heterocycles. The summed E-state index contributed by atoms with van der Waals surface area (Å²) in [6, 6.07) is 0. The Labute approximate surface area is 87.2 Å². The first kappa shape index (κ1) is 11.1. The molecule has 0 spiro atoms. The molecule has 0 aliphatic carbocycles. The Bertz CT molecular complexity index is 196. The number of thioether (sulfide) groups is 2. The molecule has 0 unspecified atom stereocenters. The number of hydrogen-bond acceptors (Lipinski definition) is 4. The number of hydrogen-bond donors (Lipinski definition) is 0. The predicted molar refractivity (Wildman–Crippen MR) is 58.2 cm³/mol. The maximum atomic E-state index is 11.2. The monoisotopic (exact) mass is 218 g/mol. The van der Waals surface area contributed by atoms with Crippen LogP contribution in [-0.4, -0.2) is 27.7 Å². The largest absolute Gasteiger partial charge is 0.299 e. The molecule has 1 rings (SSSR count). The van der Waals surface area contributed by atoms with Crippen molar-refractivity contribution in [1.82, 2.24) is 0 Å². The van der Waals surface area contributed by atoms with Gasteiger partial charge in [0, 0.05) is 0 Å². The fourth-order valence-electron chi connectivity index (χ4n) is 1.37. The van der Waals surface area contributed by atoms with E-state index in [2.05, 4.69) is 0 Å². The molecule has 1 aliphatic rings. The van der Waals surface area contributed by atoms with E-state index in [0.717, 1.165) is 11.5 Å². The van der Waals surface area contributed by atoms with Crippen molar-refractivity contribution in [1.29, 1.82) is 0 Å². The van der Waals surface area contributed by atoms with Crippen LogP contribution in [0.2, 0.25) is 0 Å². The van der Waals surface area contributed by atoms with Gasteiger partial charge in [0.15, 0.2) is 0 Å². The van der Waals surface area contributed by atoms with Crippen LogP contribution < -0.4 is 0 Å². The molecule has 4 heteroatoms. The van der Waals surface area contributed by atoms with Gasteiger partial charge in [0.2, 0.25) is 0 Å². The molecule has 1 heterocycles. The highest BCUT2D eigenvalue weighted by molar-refractivity contribution is 8.17. The van der Waals surface area contributed by atoms with Crippen LogP contribution in [0.3, 0.4) is 0 Å². The maximum Gasteiger partial charge on any atom is 0.142 e. The van der Waals surface area contributed by atoms with Crippen LogP contribution in [0.15, 0.2) is 0 Å². The molecule has 0 N–H and O–H groups in total. The molecule has 0 aromatic rings. The summed E-state index contributed by atoms with van der Waals surface area (Å²) in [5.41, 5.74) is 0. The van der Waals surface area contributed by atoms with Crippen LogP contribution in [0, 0.1) is 5.92 Å². The van der Waals surface area contributed by atoms with E-state index in [1.165, 1.54) is 20.3 Å². The third kappa shape index (κ3) is 3.02. The van der Waals surface area contributed by atoms with Gasteiger partial charge in [-0.1, -0.05) is 0 Å². The maximum absolute atomic E-state index is 11.2. The smallest absolute Gasteiger partial charge is 0.142 e. The second-order valence-electron chi connectivity index (χ2n) is 3.16. The van der Waals surface area contributed by atoms with Crippen LogP contribution >= 0.6 is 23.5 Å². The van der Waals surface area contributed by atoms with Crippen molar-refractivity contribution in [3.05, 3.63) is 0 Å². The van der Waals surface area contributed by atoms with Gasteiger partial charge in [-0.15, -0.1) is 23.5 Å². The summed E-state index contributed by atoms with van der Waals surface area (Å²) >= 11 is 3.50. The molecule has 0 bridgehead atoms. The average molecular weight is 218 g/mol. The van der Waals surface area contributed by atoms with E-state index in [1.807, 2.05) is 0 Å². The van der Waals surface area contributed by atoms with E-state index in [9.17, 15) is 9.59 Å². The second-order valence-corrected chi connectivity index (χ2v) is 5.96. The number of Topliss-reactive ketones (excluding diaryl/α,β-unsaturated/α-hetero) is 2. The van der Waals surface area contributed by atoms with E-state index >= 15 is 0 Å². The van der Waals surface area contributed by atoms with E-state index < -0.39 is 0 Å². The first-order valence-corrected chi connectivity index (χ1v) is 6.47. The summed E-state index contributed by atoms with van der Waals surface area (Å²) in [5.74, 6) is 1.80. The highest BCUT2D eigenvalue weighted by Crippen LogP contribution is 2.36. The van der Waals surface area contributed by atoms with Gasteiger partial charge in [-0.3, -0.25) is 9.59 Å². The molecule has 1 saturated heterocycles. The van der Waals surface area contributed by atoms with Gasteiger partial charge < -0.3 is 0 Å². The number of carbonyl (C=O) groups is 2. The molecule has 74 valence electrons. The Morgan fingerprint density at radius 1 is 1.15 bits per heavy atom. The van der Waals surface area contributed by atoms with Crippen LogP contribution in [-0.2, 0) is 9.59 Å². The number of ketones is 2. The summed E-state index contributed by atoms with van der Waals surface area (Å²) < 4.78 is 0.170. The van der Waals surface area contributed by atoms with Crippen molar-refractivity contribution in [2.45, 2.75) is 24.9 Å². The lowest BCUT2D eigenvalue weighted by atomic mass is 10.0. The van der Waals surface area contributed by atoms with Crippen LogP contribution in [0.4, 0.5) is 0 Å². The molecular weight excluding hydrogens is 204 g/mol. The molecule has 0 radical (unpaired) electrons. The van der Waals surface area contributed by atoms with E-state index in [-0.39, 0.29) is 22.1 Å². The Morgan fingerprint density at radius 2 is 1.62 bits per heavy atom. The van der Waals surface area contributed by atoms with Gasteiger partial charge in [0.25, 0.3) is 0 Å². The Hall–Kier alpha value is 0.0400. The fraction of sp³-hybridized carbons (Fsp3) is 0.778. The lowest BCUT2D eigenvalue weighted by Gasteiger charge is -2.25. The van der Waals surface area contributed by atoms with Gasteiger partial charge in [0.05, 0.1) is 10.5 Å². The Balaban J connectivity index is 2.62. The predicted octanol–water partition coefficient (Wildman–Crippen LogP) is 1.98. The third-order valence-electron chi connectivity index (χ3n) is 2.00. The molecule has 0 saturated carbocycles. The van der Waals surface area contributed by atoms with E-state index in [0.29, 0.717) is 0 Å². The van der Waals surface area contributed by atoms with E-state index in [4.69, 9.17) is 0 Å². The average Bonchev–Trinajstić information content (AvgIpc) is 2.04. The minimum atomic E-state index is -0.379. The SMILES string of the molecule is CC(=O)C(C(C)=O)C1SCCCS1. The highest BCUT2D eigenvalue weighted by Gasteiger charge is 2.31. The van der Waals surface area contributed by atoms with Crippen LogP contribution in [0.5, 0.6) is 0 Å². The topological polar surface area (TPSA) is 34.1 Å². The lowest BCUT2D eigenvalue weighted by Crippen LogP contribution is -2.30. The van der Waals surface area contributed by atoms with Gasteiger partial charge in [-0.05, 0) is 31.8 Å². The van der Waals surface area contributed by atoms with Gasteiger partial charge in [-0.2, -0.15) is 0 Å². The van der Waals surface area contributed by atoms with Crippen molar-refractivity contribution < 1.29 is 9.59 Å². The first-order chi connectivity index (χ1) is 6.13. The van der Waals surface area contributed by atoms with E-state index in [1.54, 1.807) is 23.5 Å². The minimum Gasteiger partial charge on any atom is -0.299 e. The van der Waals surface area contributed by atoms with Crippen molar-refractivity contribution in [2.75, 3.05) is 11.5 Å². The van der Waals surface area contributed by atoms with Gasteiger partial charge in [0.1, 0.15) is 11.6 Å². The second kappa shape index (κ2) is 5.05. The van der Waals surface area contributed by atoms with Crippen molar-refractivity contribution >= 4 is 35.1 Å². The summed E-state index contributed by atoms with van der Waals surface area (Å²) in [6.45, 7) is 3.03. The molecular formula is C9H14O2S2. The highest BCUT2D eigenvalue weighted by atomic mass is 32.2. The van der Waals surface area contributed by atoms with Gasteiger partial charge >= 0.3 is 0 Å². The molecule has 0 atom stereocenters. The fourth-order valence-corrected chi connectivity index (χ4v) is 4.75. The van der Waals surface area contributed by atoms with Crippen molar-refractivity contribution in [3.63, 3.8) is 0 Å². The van der Waals surface area contributed by atoms with Crippen molar-refractivity contribution in [2.24, 2.45) is 5.92 Å². The third-order valence-corrected chi connectivity index (χ3v) is 5.07. The summed E-state index contributed by atoms with van der Waals surface area (Å²) in [7, 11) is 0. The quantitative estimate of drug-likeness (QED) is 0.678. The molecule has 2 nitrogen and oxygen atoms in total. The Morgan fingerprint density at radius 3 is 2.00 bits per heavy atom. The lowest BCUT2D eigenvalue weighted by molar-refractivity contribution is -0.129. The Kier molecular flexibility index (Phi) is 4.32. The minimum absolute atomic E-state index is 0.0133. The normalized spacial score (nSPS) is 19.0. The van der Waals surface area contributed by atoms with Crippen molar-refractivity contribution in [3.8, 4) is 0 Å². The number of rotatable bonds is 3. The van der Waals surface area contributed by atoms with Gasteiger partial charge in [-0.25, -0.2) is 0 Å². The number of carbonyl (C=O) groups excluding carboxylic acids is 2. The summed E-state index contributed by atoms with van der Waals surface area (Å²) in [5, 5.41) is 0. The van der Waals surface area contributed by atoms with Crippen LogP contribution in [0.1, 0.15) is 20.3 Å². The molecule has 1 aliphatic heterocycles. The summed E-state index contributed by atoms with van der Waals surface area (Å²) in [6.07, 6.45) is 1.19. The molecule has 0 amide bonds. The molecule has 13 heavy (non-hydrogen) atoms. The van der Waals surface area contributed by atoms with Crippen LogP contribution in [0.25, 0.3) is 0 Å². The molecule has 1 fully saturated rings. The molecule has 0 aromatic carbocycles. The first-order valence-electron chi connectivity index (χ1n) is 4.37.